The van der Waals surface area contributed by atoms with Crippen molar-refractivity contribution >= 4 is 12.0 Å². The van der Waals surface area contributed by atoms with Gasteiger partial charge in [0.15, 0.2) is 0 Å². The summed E-state index contributed by atoms with van der Waals surface area (Å²) in [7, 11) is 0. The van der Waals surface area contributed by atoms with E-state index in [0.29, 0.717) is 0 Å². The Labute approximate surface area is 117 Å². The maximum Gasteiger partial charge on any atom is 0.329 e. The van der Waals surface area contributed by atoms with Crippen LogP contribution in [-0.4, -0.2) is 22.6 Å². The molecule has 20 heavy (non-hydrogen) atoms. The molecule has 0 aliphatic heterocycles. The van der Waals surface area contributed by atoms with E-state index in [-0.39, 0.29) is 18.8 Å². The molecule has 1 aromatic rings. The van der Waals surface area contributed by atoms with Gasteiger partial charge in [-0.15, -0.1) is 0 Å². The Bertz CT molecular complexity index is 519. The third kappa shape index (κ3) is 3.94. The summed E-state index contributed by atoms with van der Waals surface area (Å²) in [6, 6.07) is 3.71. The van der Waals surface area contributed by atoms with Gasteiger partial charge in [-0.3, -0.25) is 0 Å². The van der Waals surface area contributed by atoms with Crippen LogP contribution in [0.2, 0.25) is 0 Å². The summed E-state index contributed by atoms with van der Waals surface area (Å²) in [4.78, 5) is 22.8. The van der Waals surface area contributed by atoms with Gasteiger partial charge in [0.25, 0.3) is 0 Å². The van der Waals surface area contributed by atoms with Gasteiger partial charge in [-0.25, -0.2) is 14.0 Å². The van der Waals surface area contributed by atoms with E-state index >= 15 is 0 Å². The second-order valence-electron chi connectivity index (χ2n) is 4.87. The highest BCUT2D eigenvalue weighted by Gasteiger charge is 2.32. The van der Waals surface area contributed by atoms with Crippen molar-refractivity contribution in [2.75, 3.05) is 0 Å². The number of benzene rings is 1. The number of aliphatic carboxylic acids is 1. The number of carboxylic acid groups (broad SMARTS) is 1. The molecule has 1 unspecified atom stereocenters. The van der Waals surface area contributed by atoms with E-state index in [4.69, 9.17) is 5.11 Å². The van der Waals surface area contributed by atoms with Crippen LogP contribution in [0.15, 0.2) is 18.2 Å². The number of urea groups is 1. The highest BCUT2D eigenvalue weighted by molar-refractivity contribution is 5.85. The summed E-state index contributed by atoms with van der Waals surface area (Å²) in [6.07, 6.45) is 0.269. The first kappa shape index (κ1) is 15.9. The topological polar surface area (TPSA) is 78.4 Å². The van der Waals surface area contributed by atoms with Crippen molar-refractivity contribution in [2.45, 2.75) is 39.3 Å². The van der Waals surface area contributed by atoms with Gasteiger partial charge in [-0.2, -0.15) is 0 Å². The molecule has 110 valence electrons. The summed E-state index contributed by atoms with van der Waals surface area (Å²) in [5, 5.41) is 14.0. The zero-order chi connectivity index (χ0) is 15.3. The molecule has 1 rings (SSSR count). The number of hydrogen-bond acceptors (Lipinski definition) is 2. The van der Waals surface area contributed by atoms with Crippen molar-refractivity contribution in [2.24, 2.45) is 0 Å². The molecular formula is C14H19FN2O3. The van der Waals surface area contributed by atoms with Crippen LogP contribution in [0.3, 0.4) is 0 Å². The molecule has 3 N–H and O–H groups in total. The number of rotatable bonds is 5. The Hall–Kier alpha value is -2.11. The molecule has 6 heteroatoms. The van der Waals surface area contributed by atoms with Gasteiger partial charge in [0.05, 0.1) is 0 Å². The first-order chi connectivity index (χ1) is 9.28. The fourth-order valence-corrected chi connectivity index (χ4v) is 1.62. The predicted octanol–water partition coefficient (Wildman–Crippen LogP) is 2.19. The minimum atomic E-state index is -1.30. The lowest BCUT2D eigenvalue weighted by Gasteiger charge is -2.24. The molecule has 1 aromatic carbocycles. The van der Waals surface area contributed by atoms with Crippen molar-refractivity contribution in [3.8, 4) is 0 Å². The summed E-state index contributed by atoms with van der Waals surface area (Å²) in [5.41, 5.74) is 0.193. The molecule has 0 saturated carbocycles. The zero-order valence-electron chi connectivity index (χ0n) is 11.8. The fraction of sp³-hybridized carbons (Fsp3) is 0.429. The van der Waals surface area contributed by atoms with E-state index in [9.17, 15) is 14.0 Å². The first-order valence-electron chi connectivity index (χ1n) is 6.33. The third-order valence-electron chi connectivity index (χ3n) is 3.31. The van der Waals surface area contributed by atoms with Crippen LogP contribution < -0.4 is 10.6 Å². The number of halogens is 1. The predicted molar refractivity (Wildman–Crippen MR) is 72.8 cm³/mol. The quantitative estimate of drug-likeness (QED) is 0.774. The van der Waals surface area contributed by atoms with Crippen molar-refractivity contribution in [1.82, 2.24) is 10.6 Å². The van der Waals surface area contributed by atoms with Crippen molar-refractivity contribution < 1.29 is 19.1 Å². The smallest absolute Gasteiger partial charge is 0.329 e. The number of carboxylic acids is 1. The highest BCUT2D eigenvalue weighted by Crippen LogP contribution is 2.11. The van der Waals surface area contributed by atoms with Gasteiger partial charge in [0.2, 0.25) is 0 Å². The van der Waals surface area contributed by atoms with E-state index in [0.717, 1.165) is 11.1 Å². The molecule has 0 aliphatic rings. The van der Waals surface area contributed by atoms with Crippen molar-refractivity contribution in [3.63, 3.8) is 0 Å². The average Bonchev–Trinajstić information content (AvgIpc) is 2.37. The second-order valence-corrected chi connectivity index (χ2v) is 4.87. The summed E-state index contributed by atoms with van der Waals surface area (Å²) in [6.45, 7) is 5.07. The molecule has 0 fully saturated rings. The Morgan fingerprint density at radius 1 is 1.40 bits per heavy atom. The molecule has 1 atom stereocenters. The van der Waals surface area contributed by atoms with Crippen LogP contribution >= 0.6 is 0 Å². The largest absolute Gasteiger partial charge is 0.480 e. The van der Waals surface area contributed by atoms with Crippen molar-refractivity contribution in [1.29, 1.82) is 0 Å². The molecule has 5 nitrogen and oxygen atoms in total. The van der Waals surface area contributed by atoms with E-state index in [1.54, 1.807) is 19.9 Å². The van der Waals surface area contributed by atoms with Crippen LogP contribution in [-0.2, 0) is 11.3 Å². The number of carbonyl (C=O) groups excluding carboxylic acids is 1. The molecule has 0 aliphatic carbocycles. The average molecular weight is 282 g/mol. The van der Waals surface area contributed by atoms with Gasteiger partial charge >= 0.3 is 12.0 Å². The third-order valence-corrected chi connectivity index (χ3v) is 3.31. The number of carbonyl (C=O) groups is 2. The molecular weight excluding hydrogens is 263 g/mol. The Morgan fingerprint density at radius 2 is 2.05 bits per heavy atom. The van der Waals surface area contributed by atoms with Gasteiger partial charge in [-0.1, -0.05) is 13.0 Å². The maximum atomic E-state index is 12.9. The van der Waals surface area contributed by atoms with Crippen LogP contribution in [0.25, 0.3) is 0 Å². The molecule has 0 heterocycles. The minimum Gasteiger partial charge on any atom is -0.480 e. The molecule has 0 radical (unpaired) electrons. The molecule has 0 saturated heterocycles. The molecule has 0 spiro atoms. The monoisotopic (exact) mass is 282 g/mol. The maximum absolute atomic E-state index is 12.9. The lowest BCUT2D eigenvalue weighted by atomic mass is 10.00. The van der Waals surface area contributed by atoms with Crippen LogP contribution in [0.1, 0.15) is 31.4 Å². The van der Waals surface area contributed by atoms with E-state index < -0.39 is 17.5 Å². The molecule has 0 bridgehead atoms. The number of aryl methyl sites for hydroxylation is 1. The number of nitrogens with one attached hydrogen (secondary N) is 2. The summed E-state index contributed by atoms with van der Waals surface area (Å²) in [5.74, 6) is -1.42. The van der Waals surface area contributed by atoms with Gasteiger partial charge < -0.3 is 15.7 Å². The normalized spacial score (nSPS) is 13.4. The molecule has 0 aromatic heterocycles. The van der Waals surface area contributed by atoms with E-state index in [1.807, 2.05) is 0 Å². The van der Waals surface area contributed by atoms with E-state index in [2.05, 4.69) is 10.6 Å². The van der Waals surface area contributed by atoms with Gasteiger partial charge in [0.1, 0.15) is 11.4 Å². The molecule has 2 amide bonds. The Kier molecular flexibility index (Phi) is 5.07. The van der Waals surface area contributed by atoms with E-state index in [1.165, 1.54) is 19.1 Å². The SMILES string of the molecule is CCC(C)(NC(=O)NCc1ccc(F)cc1C)C(=O)O. The number of hydrogen-bond donors (Lipinski definition) is 3. The van der Waals surface area contributed by atoms with Crippen LogP contribution in [0.5, 0.6) is 0 Å². The highest BCUT2D eigenvalue weighted by atomic mass is 19.1. The van der Waals surface area contributed by atoms with Gasteiger partial charge in [0, 0.05) is 6.54 Å². The summed E-state index contributed by atoms with van der Waals surface area (Å²) >= 11 is 0. The number of amides is 2. The van der Waals surface area contributed by atoms with Crippen LogP contribution in [0.4, 0.5) is 9.18 Å². The standard InChI is InChI=1S/C14H19FN2O3/c1-4-14(3,12(18)19)17-13(20)16-8-10-5-6-11(15)7-9(10)2/h5-7H,4,8H2,1-3H3,(H,18,19)(H2,16,17,20). The van der Waals surface area contributed by atoms with Crippen LogP contribution in [0, 0.1) is 12.7 Å². The minimum absolute atomic E-state index is 0.206. The second kappa shape index (κ2) is 6.36. The Morgan fingerprint density at radius 3 is 2.55 bits per heavy atom. The Balaban J connectivity index is 2.62. The zero-order valence-corrected chi connectivity index (χ0v) is 11.8. The lowest BCUT2D eigenvalue weighted by Crippen LogP contribution is -2.54. The fourth-order valence-electron chi connectivity index (χ4n) is 1.62. The summed E-state index contributed by atoms with van der Waals surface area (Å²) < 4.78 is 12.9. The lowest BCUT2D eigenvalue weighted by molar-refractivity contribution is -0.143. The van der Waals surface area contributed by atoms with Gasteiger partial charge in [-0.05, 0) is 43.5 Å². The van der Waals surface area contributed by atoms with Crippen molar-refractivity contribution in [3.05, 3.63) is 35.1 Å². The first-order valence-corrected chi connectivity index (χ1v) is 6.33.